The van der Waals surface area contributed by atoms with Crippen molar-refractivity contribution in [3.8, 4) is 0 Å². The molecule has 1 aliphatic carbocycles. The van der Waals surface area contributed by atoms with E-state index in [0.29, 0.717) is 17.5 Å². The molecule has 3 N–H and O–H groups in total. The predicted molar refractivity (Wildman–Crippen MR) is 80.3 cm³/mol. The van der Waals surface area contributed by atoms with Crippen molar-refractivity contribution < 1.29 is 8.42 Å². The van der Waals surface area contributed by atoms with Crippen LogP contribution in [-0.2, 0) is 16.6 Å². The van der Waals surface area contributed by atoms with Gasteiger partial charge in [0.05, 0.1) is 4.90 Å². The summed E-state index contributed by atoms with van der Waals surface area (Å²) < 4.78 is 27.8. The first-order chi connectivity index (χ1) is 9.49. The molecular formula is C13H21N3O2S2. The largest absolute Gasteiger partial charge is 0.326 e. The average molecular weight is 315 g/mol. The van der Waals surface area contributed by atoms with Crippen LogP contribution in [0.2, 0.25) is 0 Å². The first-order valence-corrected chi connectivity index (χ1v) is 9.35. The Labute approximate surface area is 124 Å². The van der Waals surface area contributed by atoms with Crippen molar-refractivity contribution in [2.24, 2.45) is 5.73 Å². The Hall–Kier alpha value is -0.470. The number of nitrogens with one attached hydrogen (secondary N) is 1. The zero-order valence-corrected chi connectivity index (χ0v) is 13.3. The van der Waals surface area contributed by atoms with E-state index in [0.717, 1.165) is 29.3 Å². The highest BCUT2D eigenvalue weighted by Crippen LogP contribution is 2.31. The van der Waals surface area contributed by atoms with Gasteiger partial charge in [-0.3, -0.25) is 4.90 Å². The highest BCUT2D eigenvalue weighted by Gasteiger charge is 2.36. The van der Waals surface area contributed by atoms with E-state index in [9.17, 15) is 8.42 Å². The quantitative estimate of drug-likeness (QED) is 0.851. The zero-order chi connectivity index (χ0) is 14.3. The van der Waals surface area contributed by atoms with Gasteiger partial charge >= 0.3 is 0 Å². The summed E-state index contributed by atoms with van der Waals surface area (Å²) in [5.74, 6) is 0. The van der Waals surface area contributed by atoms with Gasteiger partial charge in [0, 0.05) is 41.5 Å². The summed E-state index contributed by atoms with van der Waals surface area (Å²) in [6.07, 6.45) is 3.44. The van der Waals surface area contributed by atoms with Crippen molar-refractivity contribution >= 4 is 21.4 Å². The Morgan fingerprint density at radius 2 is 2.20 bits per heavy atom. The predicted octanol–water partition coefficient (Wildman–Crippen LogP) is 1.03. The highest BCUT2D eigenvalue weighted by molar-refractivity contribution is 7.89. The van der Waals surface area contributed by atoms with Gasteiger partial charge in [-0.2, -0.15) is 0 Å². The molecule has 5 nitrogen and oxygen atoms in total. The van der Waals surface area contributed by atoms with Crippen molar-refractivity contribution in [3.05, 3.63) is 15.8 Å². The van der Waals surface area contributed by atoms with E-state index in [1.54, 1.807) is 6.07 Å². The fourth-order valence-corrected chi connectivity index (χ4v) is 5.61. The molecular weight excluding hydrogens is 294 g/mol. The molecule has 7 heteroatoms. The molecule has 20 heavy (non-hydrogen) atoms. The molecule has 1 aromatic heterocycles. The molecule has 0 radical (unpaired) electrons. The molecule has 3 rings (SSSR count). The lowest BCUT2D eigenvalue weighted by molar-refractivity contribution is 0.322. The summed E-state index contributed by atoms with van der Waals surface area (Å²) in [6, 6.07) is 2.45. The van der Waals surface area contributed by atoms with Crippen molar-refractivity contribution in [2.75, 3.05) is 13.1 Å². The van der Waals surface area contributed by atoms with Gasteiger partial charge in [0.25, 0.3) is 0 Å². The SMILES string of the molecule is Cc1sc(CN)cc1S(=O)(=O)NC1CCN(C2CC2)C1. The summed E-state index contributed by atoms with van der Waals surface area (Å²) in [5.41, 5.74) is 5.59. The molecule has 0 amide bonds. The second kappa shape index (κ2) is 5.38. The molecule has 2 fully saturated rings. The van der Waals surface area contributed by atoms with Gasteiger partial charge in [-0.15, -0.1) is 11.3 Å². The molecule has 1 aromatic rings. The van der Waals surface area contributed by atoms with Crippen LogP contribution < -0.4 is 10.5 Å². The minimum atomic E-state index is -3.41. The normalized spacial score (nSPS) is 24.4. The highest BCUT2D eigenvalue weighted by atomic mass is 32.2. The summed E-state index contributed by atoms with van der Waals surface area (Å²) in [7, 11) is -3.41. The number of sulfonamides is 1. The maximum atomic E-state index is 12.5. The van der Waals surface area contributed by atoms with Gasteiger partial charge in [0.1, 0.15) is 0 Å². The zero-order valence-electron chi connectivity index (χ0n) is 11.6. The molecule has 0 bridgehead atoms. The standard InChI is InChI=1S/C13H21N3O2S2/c1-9-13(6-12(7-14)19-9)20(17,18)15-10-4-5-16(8-10)11-2-3-11/h6,10-11,15H,2-5,7-8,14H2,1H3. The molecule has 1 saturated heterocycles. The Balaban J connectivity index is 1.70. The summed E-state index contributed by atoms with van der Waals surface area (Å²) in [4.78, 5) is 4.52. The molecule has 1 atom stereocenters. The monoisotopic (exact) mass is 315 g/mol. The van der Waals surface area contributed by atoms with Crippen molar-refractivity contribution in [3.63, 3.8) is 0 Å². The molecule has 1 saturated carbocycles. The van der Waals surface area contributed by atoms with Gasteiger partial charge in [0.2, 0.25) is 10.0 Å². The lowest BCUT2D eigenvalue weighted by Crippen LogP contribution is -2.37. The molecule has 2 aliphatic rings. The first-order valence-electron chi connectivity index (χ1n) is 7.05. The van der Waals surface area contributed by atoms with Crippen LogP contribution in [0.1, 0.15) is 29.0 Å². The fraction of sp³-hybridized carbons (Fsp3) is 0.692. The third-order valence-electron chi connectivity index (χ3n) is 4.02. The Morgan fingerprint density at radius 3 is 2.80 bits per heavy atom. The smallest absolute Gasteiger partial charge is 0.241 e. The minimum absolute atomic E-state index is 0.0428. The maximum Gasteiger partial charge on any atom is 0.241 e. The second-order valence-corrected chi connectivity index (χ2v) is 8.69. The third kappa shape index (κ3) is 2.92. The molecule has 2 heterocycles. The van der Waals surface area contributed by atoms with E-state index in [-0.39, 0.29) is 6.04 Å². The molecule has 1 aliphatic heterocycles. The number of hydrogen-bond acceptors (Lipinski definition) is 5. The number of hydrogen-bond donors (Lipinski definition) is 2. The summed E-state index contributed by atoms with van der Waals surface area (Å²) >= 11 is 1.46. The number of thiophene rings is 1. The third-order valence-corrected chi connectivity index (χ3v) is 6.87. The van der Waals surface area contributed by atoms with E-state index in [1.165, 1.54) is 24.2 Å². The van der Waals surface area contributed by atoms with Crippen LogP contribution in [0.4, 0.5) is 0 Å². The van der Waals surface area contributed by atoms with Gasteiger partial charge in [-0.25, -0.2) is 13.1 Å². The van der Waals surface area contributed by atoms with Crippen molar-refractivity contribution in [1.29, 1.82) is 0 Å². The van der Waals surface area contributed by atoms with E-state index >= 15 is 0 Å². The topological polar surface area (TPSA) is 75.4 Å². The van der Waals surface area contributed by atoms with E-state index in [4.69, 9.17) is 5.73 Å². The molecule has 112 valence electrons. The first kappa shape index (κ1) is 14.5. The van der Waals surface area contributed by atoms with Crippen LogP contribution in [0.25, 0.3) is 0 Å². The van der Waals surface area contributed by atoms with Crippen LogP contribution in [0, 0.1) is 6.92 Å². The van der Waals surface area contributed by atoms with Gasteiger partial charge in [0.15, 0.2) is 0 Å². The van der Waals surface area contributed by atoms with Crippen LogP contribution in [0.15, 0.2) is 11.0 Å². The van der Waals surface area contributed by atoms with Crippen LogP contribution in [-0.4, -0.2) is 38.5 Å². The number of likely N-dealkylation sites (tertiary alicyclic amines) is 1. The van der Waals surface area contributed by atoms with Crippen LogP contribution in [0.3, 0.4) is 0 Å². The fourth-order valence-electron chi connectivity index (χ4n) is 2.83. The lowest BCUT2D eigenvalue weighted by Gasteiger charge is -2.15. The molecule has 1 unspecified atom stereocenters. The van der Waals surface area contributed by atoms with Crippen LogP contribution >= 0.6 is 11.3 Å². The minimum Gasteiger partial charge on any atom is -0.326 e. The Bertz CT molecular complexity index is 593. The van der Waals surface area contributed by atoms with E-state index in [2.05, 4.69) is 9.62 Å². The Morgan fingerprint density at radius 1 is 1.45 bits per heavy atom. The lowest BCUT2D eigenvalue weighted by atomic mass is 10.3. The van der Waals surface area contributed by atoms with Crippen molar-refractivity contribution in [2.45, 2.75) is 49.7 Å². The van der Waals surface area contributed by atoms with Crippen LogP contribution in [0.5, 0.6) is 0 Å². The molecule has 0 aromatic carbocycles. The van der Waals surface area contributed by atoms with Crippen molar-refractivity contribution in [1.82, 2.24) is 9.62 Å². The van der Waals surface area contributed by atoms with Gasteiger partial charge < -0.3 is 5.73 Å². The maximum absolute atomic E-state index is 12.5. The average Bonchev–Trinajstić information content (AvgIpc) is 3.02. The number of nitrogens with two attached hydrogens (primary N) is 1. The Kier molecular flexibility index (Phi) is 3.89. The summed E-state index contributed by atoms with van der Waals surface area (Å²) in [5, 5.41) is 0. The number of aryl methyl sites for hydroxylation is 1. The van der Waals surface area contributed by atoms with Gasteiger partial charge in [-0.05, 0) is 32.3 Å². The van der Waals surface area contributed by atoms with E-state index in [1.807, 2.05) is 6.92 Å². The van der Waals surface area contributed by atoms with E-state index < -0.39 is 10.0 Å². The van der Waals surface area contributed by atoms with Gasteiger partial charge in [-0.1, -0.05) is 0 Å². The second-order valence-electron chi connectivity index (χ2n) is 5.67. The number of rotatable bonds is 5. The summed E-state index contributed by atoms with van der Waals surface area (Å²) in [6.45, 7) is 4.08. The number of nitrogens with zero attached hydrogens (tertiary/aromatic N) is 1. The molecule has 0 spiro atoms.